The summed E-state index contributed by atoms with van der Waals surface area (Å²) in [5.41, 5.74) is 0. The number of nitrogens with zero attached hydrogens (tertiary/aromatic N) is 1. The lowest BCUT2D eigenvalue weighted by Gasteiger charge is -2.11. The smallest absolute Gasteiger partial charge is 0.211 e. The fourth-order valence-corrected chi connectivity index (χ4v) is 2.34. The molecule has 1 rings (SSSR count). The number of halogens is 1. The van der Waals surface area contributed by atoms with Gasteiger partial charge in [0.15, 0.2) is 5.96 Å². The van der Waals surface area contributed by atoms with Crippen molar-refractivity contribution < 1.29 is 13.2 Å². The predicted molar refractivity (Wildman–Crippen MR) is 105 cm³/mol. The number of rotatable bonds is 12. The second kappa shape index (κ2) is 13.2. The lowest BCUT2D eigenvalue weighted by Crippen LogP contribution is -2.41. The minimum absolute atomic E-state index is 0. The van der Waals surface area contributed by atoms with Gasteiger partial charge in [-0.1, -0.05) is 0 Å². The van der Waals surface area contributed by atoms with Crippen LogP contribution in [-0.2, 0) is 14.8 Å². The van der Waals surface area contributed by atoms with E-state index in [9.17, 15) is 8.42 Å². The monoisotopic (exact) mass is 462 g/mol. The van der Waals surface area contributed by atoms with E-state index in [2.05, 4.69) is 20.3 Å². The van der Waals surface area contributed by atoms with E-state index in [0.29, 0.717) is 25.6 Å². The number of hydrogen-bond donors (Lipinski definition) is 3. The van der Waals surface area contributed by atoms with Crippen LogP contribution < -0.4 is 15.4 Å². The molecule has 7 nitrogen and oxygen atoms in total. The Morgan fingerprint density at radius 1 is 1.22 bits per heavy atom. The molecule has 0 radical (unpaired) electrons. The minimum Gasteiger partial charge on any atom is -0.381 e. The van der Waals surface area contributed by atoms with Crippen molar-refractivity contribution in [2.24, 2.45) is 10.9 Å². The molecule has 3 N–H and O–H groups in total. The van der Waals surface area contributed by atoms with E-state index in [1.807, 2.05) is 6.92 Å². The third kappa shape index (κ3) is 12.9. The topological polar surface area (TPSA) is 91.8 Å². The van der Waals surface area contributed by atoms with Crippen molar-refractivity contribution in [3.63, 3.8) is 0 Å². The summed E-state index contributed by atoms with van der Waals surface area (Å²) in [6.45, 7) is 7.57. The highest BCUT2D eigenvalue weighted by Gasteiger charge is 2.20. The Balaban J connectivity index is 0.00000484. The zero-order chi connectivity index (χ0) is 16.3. The first-order valence-electron chi connectivity index (χ1n) is 8.14. The molecular formula is C14H31IN4O3S. The Hall–Kier alpha value is -0.130. The first-order valence-corrected chi connectivity index (χ1v) is 9.80. The van der Waals surface area contributed by atoms with Crippen LogP contribution in [0, 0.1) is 5.92 Å². The van der Waals surface area contributed by atoms with Crippen molar-refractivity contribution in [2.45, 2.75) is 33.1 Å². The first kappa shape index (κ1) is 22.9. The van der Waals surface area contributed by atoms with Crippen molar-refractivity contribution in [1.82, 2.24) is 15.4 Å². The molecule has 1 aliphatic carbocycles. The summed E-state index contributed by atoms with van der Waals surface area (Å²) in [4.78, 5) is 4.44. The van der Waals surface area contributed by atoms with Gasteiger partial charge in [0.1, 0.15) is 0 Å². The molecular weight excluding hydrogens is 431 g/mol. The van der Waals surface area contributed by atoms with Gasteiger partial charge in [-0.25, -0.2) is 13.1 Å². The molecule has 0 aromatic heterocycles. The van der Waals surface area contributed by atoms with E-state index in [1.165, 1.54) is 12.8 Å². The Morgan fingerprint density at radius 3 is 2.57 bits per heavy atom. The van der Waals surface area contributed by atoms with E-state index in [-0.39, 0.29) is 29.7 Å². The maximum absolute atomic E-state index is 11.3. The molecule has 0 aliphatic heterocycles. The van der Waals surface area contributed by atoms with Gasteiger partial charge in [-0.2, -0.15) is 0 Å². The van der Waals surface area contributed by atoms with Gasteiger partial charge in [-0.05, 0) is 39.0 Å². The summed E-state index contributed by atoms with van der Waals surface area (Å²) in [5.74, 6) is 1.61. The molecule has 0 aromatic rings. The van der Waals surface area contributed by atoms with Crippen LogP contribution >= 0.6 is 24.0 Å². The van der Waals surface area contributed by atoms with E-state index in [1.54, 1.807) is 6.92 Å². The number of nitrogens with one attached hydrogen (secondary N) is 3. The van der Waals surface area contributed by atoms with Crippen molar-refractivity contribution in [3.05, 3.63) is 0 Å². The lowest BCUT2D eigenvalue weighted by molar-refractivity contribution is 0.123. The second-order valence-electron chi connectivity index (χ2n) is 5.36. The number of guanidine groups is 1. The number of ether oxygens (including phenoxy) is 1. The average molecular weight is 462 g/mol. The Labute approximate surface area is 157 Å². The molecule has 9 heteroatoms. The lowest BCUT2D eigenvalue weighted by atomic mass is 10.4. The van der Waals surface area contributed by atoms with Gasteiger partial charge in [0.25, 0.3) is 0 Å². The fraction of sp³-hybridized carbons (Fsp3) is 0.929. The highest BCUT2D eigenvalue weighted by Crippen LogP contribution is 2.28. The zero-order valence-electron chi connectivity index (χ0n) is 14.1. The van der Waals surface area contributed by atoms with Crippen LogP contribution in [0.15, 0.2) is 4.99 Å². The Bertz CT molecular complexity index is 428. The quantitative estimate of drug-likeness (QED) is 0.174. The van der Waals surface area contributed by atoms with Crippen LogP contribution in [0.2, 0.25) is 0 Å². The summed E-state index contributed by atoms with van der Waals surface area (Å²) < 4.78 is 30.7. The second-order valence-corrected chi connectivity index (χ2v) is 7.45. The molecule has 1 aliphatic rings. The van der Waals surface area contributed by atoms with Crippen LogP contribution in [0.25, 0.3) is 0 Å². The maximum atomic E-state index is 11.3. The number of hydrogen-bond acceptors (Lipinski definition) is 4. The summed E-state index contributed by atoms with van der Waals surface area (Å²) in [6.07, 6.45) is 3.52. The molecule has 0 heterocycles. The molecule has 0 amide bonds. The summed E-state index contributed by atoms with van der Waals surface area (Å²) in [6, 6.07) is 0. The third-order valence-corrected chi connectivity index (χ3v) is 4.63. The predicted octanol–water partition coefficient (Wildman–Crippen LogP) is 0.916. The average Bonchev–Trinajstić information content (AvgIpc) is 3.31. The molecule has 138 valence electrons. The van der Waals surface area contributed by atoms with Gasteiger partial charge in [0, 0.05) is 39.4 Å². The van der Waals surface area contributed by atoms with E-state index in [0.717, 1.165) is 32.1 Å². The number of sulfonamides is 1. The third-order valence-electron chi connectivity index (χ3n) is 3.23. The van der Waals surface area contributed by atoms with Crippen LogP contribution in [0.1, 0.15) is 33.1 Å². The van der Waals surface area contributed by atoms with Crippen LogP contribution in [0.5, 0.6) is 0 Å². The largest absolute Gasteiger partial charge is 0.381 e. The fourth-order valence-electron chi connectivity index (χ4n) is 1.72. The van der Waals surface area contributed by atoms with Crippen molar-refractivity contribution >= 4 is 40.0 Å². The van der Waals surface area contributed by atoms with E-state index < -0.39 is 10.0 Å². The molecule has 0 unspecified atom stereocenters. The van der Waals surface area contributed by atoms with E-state index in [4.69, 9.17) is 4.74 Å². The highest BCUT2D eigenvalue weighted by molar-refractivity contribution is 14.0. The van der Waals surface area contributed by atoms with Gasteiger partial charge in [0.2, 0.25) is 10.0 Å². The Morgan fingerprint density at radius 2 is 1.96 bits per heavy atom. The van der Waals surface area contributed by atoms with Gasteiger partial charge in [0.05, 0.1) is 5.75 Å². The summed E-state index contributed by atoms with van der Waals surface area (Å²) in [7, 11) is -3.13. The molecule has 1 saturated carbocycles. The summed E-state index contributed by atoms with van der Waals surface area (Å²) in [5, 5.41) is 6.24. The molecule has 0 saturated heterocycles. The molecule has 1 fully saturated rings. The minimum atomic E-state index is -3.13. The number of aliphatic imine (C=N–C) groups is 1. The van der Waals surface area contributed by atoms with Crippen molar-refractivity contribution in [1.29, 1.82) is 0 Å². The SMILES string of the molecule is CCNC(=NCCCOCC1CC1)NCCNS(=O)(=O)CC.I. The van der Waals surface area contributed by atoms with Crippen LogP contribution in [0.4, 0.5) is 0 Å². The normalized spacial score (nSPS) is 15.1. The maximum Gasteiger partial charge on any atom is 0.211 e. The van der Waals surface area contributed by atoms with Gasteiger partial charge >= 0.3 is 0 Å². The molecule has 0 atom stereocenters. The first-order chi connectivity index (χ1) is 10.6. The van der Waals surface area contributed by atoms with Crippen molar-refractivity contribution in [3.8, 4) is 0 Å². The van der Waals surface area contributed by atoms with Gasteiger partial charge in [-0.15, -0.1) is 24.0 Å². The highest BCUT2D eigenvalue weighted by atomic mass is 127. The summed E-state index contributed by atoms with van der Waals surface area (Å²) >= 11 is 0. The van der Waals surface area contributed by atoms with Gasteiger partial charge in [-0.3, -0.25) is 4.99 Å². The standard InChI is InChI=1S/C14H30N4O3S.HI/c1-3-15-14(17-9-10-18-22(19,20)4-2)16-8-5-11-21-12-13-6-7-13;/h13,18H,3-12H2,1-2H3,(H2,15,16,17);1H. The van der Waals surface area contributed by atoms with Crippen molar-refractivity contribution in [2.75, 3.05) is 45.1 Å². The van der Waals surface area contributed by atoms with Crippen LogP contribution in [0.3, 0.4) is 0 Å². The van der Waals surface area contributed by atoms with Crippen LogP contribution in [-0.4, -0.2) is 59.5 Å². The molecule has 0 spiro atoms. The Kier molecular flexibility index (Phi) is 13.1. The van der Waals surface area contributed by atoms with E-state index >= 15 is 0 Å². The molecule has 0 aromatic carbocycles. The molecule has 23 heavy (non-hydrogen) atoms. The molecule has 0 bridgehead atoms. The van der Waals surface area contributed by atoms with Gasteiger partial charge < -0.3 is 15.4 Å². The zero-order valence-corrected chi connectivity index (χ0v) is 17.3.